The SMILES string of the molecule is CCSc1ccc(C(Cc2ccc(F)c(Br)c2)NC)cc1. The second-order valence-electron chi connectivity index (χ2n) is 4.80. The highest BCUT2D eigenvalue weighted by molar-refractivity contribution is 9.10. The molecule has 0 fully saturated rings. The Labute approximate surface area is 138 Å². The van der Waals surface area contributed by atoms with Crippen LogP contribution in [0.3, 0.4) is 0 Å². The molecule has 0 saturated carbocycles. The lowest BCUT2D eigenvalue weighted by atomic mass is 9.99. The summed E-state index contributed by atoms with van der Waals surface area (Å²) in [6.07, 6.45) is 0.829. The average molecular weight is 368 g/mol. The Balaban J connectivity index is 2.13. The zero-order chi connectivity index (χ0) is 15.2. The molecule has 1 atom stereocenters. The van der Waals surface area contributed by atoms with E-state index in [1.807, 2.05) is 30.9 Å². The predicted octanol–water partition coefficient (Wildman–Crippen LogP) is 5.20. The third-order valence-corrected chi connectivity index (χ3v) is 4.87. The molecule has 2 rings (SSSR count). The number of thioether (sulfide) groups is 1. The van der Waals surface area contributed by atoms with Crippen LogP contribution in [-0.2, 0) is 6.42 Å². The molecule has 21 heavy (non-hydrogen) atoms. The minimum Gasteiger partial charge on any atom is -0.313 e. The minimum absolute atomic E-state index is 0.222. The monoisotopic (exact) mass is 367 g/mol. The van der Waals surface area contributed by atoms with E-state index in [0.29, 0.717) is 4.47 Å². The Morgan fingerprint density at radius 1 is 1.19 bits per heavy atom. The second-order valence-corrected chi connectivity index (χ2v) is 6.99. The molecule has 0 radical (unpaired) electrons. The summed E-state index contributed by atoms with van der Waals surface area (Å²) in [5, 5.41) is 3.34. The molecule has 4 heteroatoms. The van der Waals surface area contributed by atoms with E-state index >= 15 is 0 Å². The van der Waals surface area contributed by atoms with E-state index in [1.165, 1.54) is 16.5 Å². The fourth-order valence-corrected chi connectivity index (χ4v) is 3.34. The quantitative estimate of drug-likeness (QED) is 0.703. The standard InChI is InChI=1S/C17H19BrFNS/c1-3-21-14-7-5-13(6-8-14)17(20-2)11-12-4-9-16(19)15(18)10-12/h4-10,17,20H,3,11H2,1-2H3. The molecule has 0 aliphatic rings. The summed E-state index contributed by atoms with van der Waals surface area (Å²) >= 11 is 5.09. The second kappa shape index (κ2) is 7.97. The third-order valence-electron chi connectivity index (χ3n) is 3.37. The number of likely N-dealkylation sites (N-methyl/N-ethyl adjacent to an activating group) is 1. The summed E-state index contributed by atoms with van der Waals surface area (Å²) < 4.78 is 13.8. The van der Waals surface area contributed by atoms with Crippen molar-refractivity contribution >= 4 is 27.7 Å². The molecule has 0 aromatic heterocycles. The smallest absolute Gasteiger partial charge is 0.137 e. The largest absolute Gasteiger partial charge is 0.313 e. The first-order valence-corrected chi connectivity index (χ1v) is 8.76. The van der Waals surface area contributed by atoms with Gasteiger partial charge in [-0.3, -0.25) is 0 Å². The van der Waals surface area contributed by atoms with E-state index in [-0.39, 0.29) is 11.9 Å². The number of nitrogens with one attached hydrogen (secondary N) is 1. The van der Waals surface area contributed by atoms with Gasteiger partial charge in [0.1, 0.15) is 5.82 Å². The van der Waals surface area contributed by atoms with E-state index in [0.717, 1.165) is 17.7 Å². The summed E-state index contributed by atoms with van der Waals surface area (Å²) in [6, 6.07) is 14.1. The Morgan fingerprint density at radius 2 is 1.90 bits per heavy atom. The Morgan fingerprint density at radius 3 is 2.48 bits per heavy atom. The topological polar surface area (TPSA) is 12.0 Å². The third kappa shape index (κ3) is 4.56. The van der Waals surface area contributed by atoms with Gasteiger partial charge in [0.25, 0.3) is 0 Å². The Hall–Kier alpha value is -0.840. The highest BCUT2D eigenvalue weighted by atomic mass is 79.9. The van der Waals surface area contributed by atoms with Crippen molar-refractivity contribution in [3.63, 3.8) is 0 Å². The lowest BCUT2D eigenvalue weighted by molar-refractivity contribution is 0.587. The molecule has 0 spiro atoms. The van der Waals surface area contributed by atoms with Crippen molar-refractivity contribution in [2.24, 2.45) is 0 Å². The number of halogens is 2. The van der Waals surface area contributed by atoms with Gasteiger partial charge >= 0.3 is 0 Å². The van der Waals surface area contributed by atoms with Crippen LogP contribution in [-0.4, -0.2) is 12.8 Å². The van der Waals surface area contributed by atoms with Crippen molar-refractivity contribution in [1.82, 2.24) is 5.32 Å². The van der Waals surface area contributed by atoms with Crippen molar-refractivity contribution in [2.75, 3.05) is 12.8 Å². The van der Waals surface area contributed by atoms with Crippen molar-refractivity contribution in [1.29, 1.82) is 0 Å². The van der Waals surface area contributed by atoms with Gasteiger partial charge in [-0.25, -0.2) is 4.39 Å². The first-order chi connectivity index (χ1) is 10.1. The maximum atomic E-state index is 13.3. The zero-order valence-corrected chi connectivity index (χ0v) is 14.6. The number of hydrogen-bond donors (Lipinski definition) is 1. The number of hydrogen-bond acceptors (Lipinski definition) is 2. The summed E-state index contributed by atoms with van der Waals surface area (Å²) in [4.78, 5) is 1.29. The fraction of sp³-hybridized carbons (Fsp3) is 0.294. The highest BCUT2D eigenvalue weighted by Crippen LogP contribution is 2.24. The zero-order valence-electron chi connectivity index (χ0n) is 12.2. The summed E-state index contributed by atoms with van der Waals surface area (Å²) in [5.74, 6) is 0.860. The summed E-state index contributed by atoms with van der Waals surface area (Å²) in [7, 11) is 1.96. The van der Waals surface area contributed by atoms with Gasteiger partial charge in [-0.05, 0) is 70.5 Å². The van der Waals surface area contributed by atoms with Crippen LogP contribution in [0.5, 0.6) is 0 Å². The molecular formula is C17H19BrFNS. The van der Waals surface area contributed by atoms with Gasteiger partial charge in [0.05, 0.1) is 4.47 Å². The van der Waals surface area contributed by atoms with Crippen LogP contribution in [0.15, 0.2) is 51.8 Å². The fourth-order valence-electron chi connectivity index (χ4n) is 2.25. The minimum atomic E-state index is -0.222. The van der Waals surface area contributed by atoms with Gasteiger partial charge < -0.3 is 5.32 Å². The molecule has 1 nitrogen and oxygen atoms in total. The van der Waals surface area contributed by atoms with Gasteiger partial charge in [-0.15, -0.1) is 11.8 Å². The van der Waals surface area contributed by atoms with Crippen LogP contribution in [0, 0.1) is 5.82 Å². The van der Waals surface area contributed by atoms with Crippen LogP contribution in [0.2, 0.25) is 0 Å². The van der Waals surface area contributed by atoms with E-state index in [9.17, 15) is 4.39 Å². The van der Waals surface area contributed by atoms with Crippen LogP contribution >= 0.6 is 27.7 Å². The Bertz CT molecular complexity index is 586. The predicted molar refractivity (Wildman–Crippen MR) is 92.4 cm³/mol. The Kier molecular flexibility index (Phi) is 6.27. The first kappa shape index (κ1) is 16.5. The van der Waals surface area contributed by atoms with Crippen molar-refractivity contribution in [3.05, 3.63) is 63.9 Å². The van der Waals surface area contributed by atoms with E-state index in [4.69, 9.17) is 0 Å². The van der Waals surface area contributed by atoms with Crippen molar-refractivity contribution < 1.29 is 4.39 Å². The van der Waals surface area contributed by atoms with Gasteiger partial charge in [-0.2, -0.15) is 0 Å². The lowest BCUT2D eigenvalue weighted by Gasteiger charge is -2.17. The molecule has 0 saturated heterocycles. The van der Waals surface area contributed by atoms with Gasteiger partial charge in [0.2, 0.25) is 0 Å². The molecule has 0 aliphatic carbocycles. The van der Waals surface area contributed by atoms with Gasteiger partial charge in [0, 0.05) is 10.9 Å². The van der Waals surface area contributed by atoms with Crippen molar-refractivity contribution in [2.45, 2.75) is 24.3 Å². The van der Waals surface area contributed by atoms with Crippen LogP contribution in [0.4, 0.5) is 4.39 Å². The van der Waals surface area contributed by atoms with Crippen LogP contribution in [0.25, 0.3) is 0 Å². The van der Waals surface area contributed by atoms with Crippen LogP contribution in [0.1, 0.15) is 24.1 Å². The summed E-state index contributed by atoms with van der Waals surface area (Å²) in [5.41, 5.74) is 2.35. The van der Waals surface area contributed by atoms with Crippen molar-refractivity contribution in [3.8, 4) is 0 Å². The molecule has 2 aromatic carbocycles. The molecule has 112 valence electrons. The molecule has 2 aromatic rings. The van der Waals surface area contributed by atoms with E-state index in [2.05, 4.69) is 52.4 Å². The molecular weight excluding hydrogens is 349 g/mol. The normalized spacial score (nSPS) is 12.4. The number of rotatable bonds is 6. The molecule has 1 N–H and O–H groups in total. The highest BCUT2D eigenvalue weighted by Gasteiger charge is 2.11. The van der Waals surface area contributed by atoms with Gasteiger partial charge in [0.15, 0.2) is 0 Å². The number of benzene rings is 2. The first-order valence-electron chi connectivity index (χ1n) is 6.98. The van der Waals surface area contributed by atoms with E-state index < -0.39 is 0 Å². The van der Waals surface area contributed by atoms with Crippen LogP contribution < -0.4 is 5.32 Å². The van der Waals surface area contributed by atoms with E-state index in [1.54, 1.807) is 0 Å². The molecule has 0 amide bonds. The lowest BCUT2D eigenvalue weighted by Crippen LogP contribution is -2.18. The molecule has 0 heterocycles. The molecule has 0 bridgehead atoms. The molecule has 0 aliphatic heterocycles. The maximum absolute atomic E-state index is 13.3. The summed E-state index contributed by atoms with van der Waals surface area (Å²) in [6.45, 7) is 2.15. The van der Waals surface area contributed by atoms with Gasteiger partial charge in [-0.1, -0.05) is 25.1 Å². The average Bonchev–Trinajstić information content (AvgIpc) is 2.50. The maximum Gasteiger partial charge on any atom is 0.137 e. The molecule has 1 unspecified atom stereocenters.